The van der Waals surface area contributed by atoms with Gasteiger partial charge in [0.05, 0.1) is 17.7 Å². The van der Waals surface area contributed by atoms with Crippen LogP contribution in [0.5, 0.6) is 0 Å². The van der Waals surface area contributed by atoms with E-state index in [0.29, 0.717) is 29.6 Å². The topological polar surface area (TPSA) is 55.1 Å². The van der Waals surface area contributed by atoms with Crippen LogP contribution in [-0.4, -0.2) is 26.3 Å². The van der Waals surface area contributed by atoms with E-state index < -0.39 is 5.60 Å². The molecule has 4 aliphatic carbocycles. The molecule has 34 heavy (non-hydrogen) atoms. The number of carbonyl (C=O) groups is 1. The highest BCUT2D eigenvalue weighted by atomic mass is 16.3. The Balaban J connectivity index is 1.20. The van der Waals surface area contributed by atoms with E-state index in [1.165, 1.54) is 44.1 Å². The molecule has 2 aromatic rings. The van der Waals surface area contributed by atoms with Crippen molar-refractivity contribution in [2.24, 2.45) is 40.4 Å². The molecule has 0 unspecified atom stereocenters. The van der Waals surface area contributed by atoms with E-state index in [1.807, 2.05) is 17.8 Å². The van der Waals surface area contributed by atoms with Crippen LogP contribution < -0.4 is 0 Å². The third-order valence-electron chi connectivity index (χ3n) is 11.4. The molecule has 1 N–H and O–H groups in total. The van der Waals surface area contributed by atoms with E-state index in [2.05, 4.69) is 39.0 Å². The van der Waals surface area contributed by atoms with E-state index in [0.717, 1.165) is 42.0 Å². The summed E-state index contributed by atoms with van der Waals surface area (Å²) in [6, 6.07) is 6.32. The molecular weight excluding hydrogens is 420 g/mol. The summed E-state index contributed by atoms with van der Waals surface area (Å²) in [7, 11) is 0. The molecular formula is C30H42N2O2. The normalized spacial score (nSPS) is 43.9. The Hall–Kier alpha value is -1.68. The average Bonchev–Trinajstić information content (AvgIpc) is 3.33. The van der Waals surface area contributed by atoms with E-state index in [4.69, 9.17) is 5.10 Å². The minimum absolute atomic E-state index is 0.144. The van der Waals surface area contributed by atoms with Crippen molar-refractivity contribution < 1.29 is 9.90 Å². The summed E-state index contributed by atoms with van der Waals surface area (Å²) in [4.78, 5) is 13.7. The quantitative estimate of drug-likeness (QED) is 0.580. The highest BCUT2D eigenvalue weighted by Crippen LogP contribution is 2.68. The molecule has 0 spiro atoms. The van der Waals surface area contributed by atoms with Gasteiger partial charge in [-0.25, -0.2) is 0 Å². The van der Waals surface area contributed by atoms with Gasteiger partial charge in [0, 0.05) is 17.5 Å². The molecule has 184 valence electrons. The van der Waals surface area contributed by atoms with Crippen LogP contribution in [0.2, 0.25) is 0 Å². The van der Waals surface area contributed by atoms with Gasteiger partial charge in [0.1, 0.15) is 0 Å². The number of hydrogen-bond donors (Lipinski definition) is 1. The maximum Gasteiger partial charge on any atom is 0.157 e. The second-order valence-corrected chi connectivity index (χ2v) is 13.4. The first-order chi connectivity index (χ1) is 16.1. The first kappa shape index (κ1) is 22.8. The summed E-state index contributed by atoms with van der Waals surface area (Å²) >= 11 is 0. The first-order valence-electron chi connectivity index (χ1n) is 13.8. The van der Waals surface area contributed by atoms with Crippen LogP contribution in [0, 0.1) is 47.3 Å². The van der Waals surface area contributed by atoms with Gasteiger partial charge in [-0.2, -0.15) is 5.10 Å². The maximum atomic E-state index is 13.7. The predicted molar refractivity (Wildman–Crippen MR) is 135 cm³/mol. The second kappa shape index (κ2) is 7.66. The average molecular weight is 463 g/mol. The second-order valence-electron chi connectivity index (χ2n) is 13.4. The SMILES string of the molecule is Cc1ccc2cn(CC(=O)[C@H]3CC[C@H]4[C@@H]5CC[C@H]6C[C@](C)(O)CC[C@]6(C)[C@H]5CC[C@]34C)nc2c1. The Labute approximate surface area is 204 Å². The van der Waals surface area contributed by atoms with Crippen LogP contribution in [0.25, 0.3) is 10.9 Å². The molecule has 1 aromatic heterocycles. The number of ketones is 1. The smallest absolute Gasteiger partial charge is 0.157 e. The fraction of sp³-hybridized carbons (Fsp3) is 0.733. The van der Waals surface area contributed by atoms with E-state index in [1.54, 1.807) is 0 Å². The number of rotatable bonds is 3. The third kappa shape index (κ3) is 3.42. The fourth-order valence-corrected chi connectivity index (χ4v) is 9.49. The number of aliphatic hydroxyl groups is 1. The van der Waals surface area contributed by atoms with Gasteiger partial charge in [-0.3, -0.25) is 9.48 Å². The molecule has 4 heteroatoms. The van der Waals surface area contributed by atoms with Crippen molar-refractivity contribution in [3.63, 3.8) is 0 Å². The lowest BCUT2D eigenvalue weighted by molar-refractivity contribution is -0.151. The van der Waals surface area contributed by atoms with E-state index >= 15 is 0 Å². The van der Waals surface area contributed by atoms with Crippen LogP contribution in [0.4, 0.5) is 0 Å². The largest absolute Gasteiger partial charge is 0.390 e. The highest BCUT2D eigenvalue weighted by molar-refractivity contribution is 5.83. The Bertz CT molecular complexity index is 1120. The first-order valence-corrected chi connectivity index (χ1v) is 13.8. The monoisotopic (exact) mass is 462 g/mol. The van der Waals surface area contributed by atoms with Gasteiger partial charge in [0.25, 0.3) is 0 Å². The van der Waals surface area contributed by atoms with Gasteiger partial charge in [0.15, 0.2) is 5.78 Å². The van der Waals surface area contributed by atoms with Crippen molar-refractivity contribution in [1.29, 1.82) is 0 Å². The lowest BCUT2D eigenvalue weighted by Crippen LogP contribution is -2.55. The number of aryl methyl sites for hydroxylation is 1. The molecule has 1 heterocycles. The van der Waals surface area contributed by atoms with E-state index in [9.17, 15) is 9.90 Å². The Morgan fingerprint density at radius 3 is 2.65 bits per heavy atom. The Morgan fingerprint density at radius 2 is 1.82 bits per heavy atom. The minimum Gasteiger partial charge on any atom is -0.390 e. The summed E-state index contributed by atoms with van der Waals surface area (Å²) in [6.07, 6.45) is 12.4. The highest BCUT2D eigenvalue weighted by Gasteiger charge is 2.61. The molecule has 4 saturated carbocycles. The summed E-state index contributed by atoms with van der Waals surface area (Å²) in [6.45, 7) is 9.54. The molecule has 0 aliphatic heterocycles. The molecule has 8 atom stereocenters. The fourth-order valence-electron chi connectivity index (χ4n) is 9.49. The summed E-state index contributed by atoms with van der Waals surface area (Å²) in [5, 5.41) is 16.6. The Kier molecular flexibility index (Phi) is 5.13. The molecule has 4 nitrogen and oxygen atoms in total. The van der Waals surface area contributed by atoms with Crippen molar-refractivity contribution in [3.05, 3.63) is 30.0 Å². The van der Waals surface area contributed by atoms with Crippen molar-refractivity contribution in [1.82, 2.24) is 9.78 Å². The molecule has 1 aromatic carbocycles. The number of hydrogen-bond acceptors (Lipinski definition) is 3. The van der Waals surface area contributed by atoms with Crippen molar-refractivity contribution in [2.45, 2.75) is 97.6 Å². The van der Waals surface area contributed by atoms with Crippen molar-refractivity contribution in [3.8, 4) is 0 Å². The maximum absolute atomic E-state index is 13.7. The lowest BCUT2D eigenvalue weighted by Gasteiger charge is -2.61. The molecule has 6 rings (SSSR count). The van der Waals surface area contributed by atoms with Crippen LogP contribution in [0.15, 0.2) is 24.4 Å². The molecule has 0 radical (unpaired) electrons. The summed E-state index contributed by atoms with van der Waals surface area (Å²) in [5.74, 6) is 3.44. The number of carbonyl (C=O) groups excluding carboxylic acids is 1. The van der Waals surface area contributed by atoms with E-state index in [-0.39, 0.29) is 11.3 Å². The third-order valence-corrected chi connectivity index (χ3v) is 11.4. The zero-order valence-electron chi connectivity index (χ0n) is 21.5. The van der Waals surface area contributed by atoms with Gasteiger partial charge in [0.2, 0.25) is 0 Å². The molecule has 0 bridgehead atoms. The lowest BCUT2D eigenvalue weighted by atomic mass is 9.44. The van der Waals surface area contributed by atoms with Gasteiger partial charge < -0.3 is 5.11 Å². The van der Waals surface area contributed by atoms with Crippen LogP contribution in [0.1, 0.15) is 84.1 Å². The summed E-state index contributed by atoms with van der Waals surface area (Å²) in [5.41, 5.74) is 2.24. The molecule has 4 aliphatic rings. The van der Waals surface area contributed by atoms with Gasteiger partial charge in [-0.1, -0.05) is 26.0 Å². The van der Waals surface area contributed by atoms with Gasteiger partial charge in [-0.15, -0.1) is 0 Å². The zero-order valence-corrected chi connectivity index (χ0v) is 21.5. The van der Waals surface area contributed by atoms with Crippen molar-refractivity contribution >= 4 is 16.7 Å². The minimum atomic E-state index is -0.471. The van der Waals surface area contributed by atoms with Crippen LogP contribution in [0.3, 0.4) is 0 Å². The predicted octanol–water partition coefficient (Wildman–Crippen LogP) is 6.32. The number of fused-ring (bicyclic) bond motifs is 6. The van der Waals surface area contributed by atoms with Crippen LogP contribution in [-0.2, 0) is 11.3 Å². The molecule has 4 fully saturated rings. The molecule has 0 saturated heterocycles. The number of aromatic nitrogens is 2. The number of benzene rings is 1. The standard InChI is InChI=1S/C30H42N2O2/c1-19-5-6-20-17-32(31-26(20)15-19)18-27(33)25-10-9-23-22-8-7-21-16-28(2,34)13-14-29(21,3)24(22)11-12-30(23,25)4/h5-6,15,17,21-25,34H,7-14,16,18H2,1-4H3/t21-,22-,23-,24-,25+,28+,29-,30-/m0/s1. The zero-order chi connectivity index (χ0) is 23.9. The number of Topliss-reactive ketones (excluding diaryl/α,β-unsaturated/α-hetero) is 1. The van der Waals surface area contributed by atoms with Crippen LogP contribution >= 0.6 is 0 Å². The molecule has 0 amide bonds. The van der Waals surface area contributed by atoms with Gasteiger partial charge >= 0.3 is 0 Å². The number of nitrogens with zero attached hydrogens (tertiary/aromatic N) is 2. The summed E-state index contributed by atoms with van der Waals surface area (Å²) < 4.78 is 1.88. The van der Waals surface area contributed by atoms with Crippen molar-refractivity contribution in [2.75, 3.05) is 0 Å². The van der Waals surface area contributed by atoms with Gasteiger partial charge in [-0.05, 0) is 118 Å². The Morgan fingerprint density at radius 1 is 1.03 bits per heavy atom.